The van der Waals surface area contributed by atoms with Gasteiger partial charge in [-0.25, -0.2) is 0 Å². The summed E-state index contributed by atoms with van der Waals surface area (Å²) < 4.78 is 0. The monoisotopic (exact) mass is 218 g/mol. The van der Waals surface area contributed by atoms with Crippen LogP contribution in [0.1, 0.15) is 29.6 Å². The van der Waals surface area contributed by atoms with Crippen molar-refractivity contribution in [3.63, 3.8) is 0 Å². The Morgan fingerprint density at radius 1 is 1.25 bits per heavy atom. The van der Waals surface area contributed by atoms with Gasteiger partial charge in [-0.2, -0.15) is 0 Å². The SMILES string of the molecule is CNc1ccc(N2CCCCC2)cc1C=O. The minimum atomic E-state index is 0.741. The number of rotatable bonds is 3. The van der Waals surface area contributed by atoms with Gasteiger partial charge >= 0.3 is 0 Å². The van der Waals surface area contributed by atoms with E-state index in [9.17, 15) is 4.79 Å². The van der Waals surface area contributed by atoms with Gasteiger partial charge in [0.05, 0.1) is 0 Å². The topological polar surface area (TPSA) is 32.3 Å². The molecular formula is C13H18N2O. The van der Waals surface area contributed by atoms with Crippen molar-refractivity contribution >= 4 is 17.7 Å². The molecule has 0 spiro atoms. The zero-order valence-electron chi connectivity index (χ0n) is 9.70. The lowest BCUT2D eigenvalue weighted by molar-refractivity contribution is 0.112. The van der Waals surface area contributed by atoms with Crippen LogP contribution < -0.4 is 10.2 Å². The largest absolute Gasteiger partial charge is 0.388 e. The number of aldehydes is 1. The Bertz CT molecular complexity index is 370. The van der Waals surface area contributed by atoms with Gasteiger partial charge in [0.2, 0.25) is 0 Å². The lowest BCUT2D eigenvalue weighted by Crippen LogP contribution is -2.29. The molecule has 0 unspecified atom stereocenters. The number of nitrogens with one attached hydrogen (secondary N) is 1. The van der Waals surface area contributed by atoms with E-state index in [1.165, 1.54) is 24.9 Å². The van der Waals surface area contributed by atoms with E-state index in [1.807, 2.05) is 19.2 Å². The van der Waals surface area contributed by atoms with Crippen LogP contribution in [0.5, 0.6) is 0 Å². The molecule has 0 aromatic heterocycles. The summed E-state index contributed by atoms with van der Waals surface area (Å²) in [6, 6.07) is 6.04. The molecule has 16 heavy (non-hydrogen) atoms. The maximum atomic E-state index is 11.0. The minimum Gasteiger partial charge on any atom is -0.388 e. The van der Waals surface area contributed by atoms with Crippen LogP contribution in [0.3, 0.4) is 0 Å². The van der Waals surface area contributed by atoms with E-state index in [4.69, 9.17) is 0 Å². The van der Waals surface area contributed by atoms with E-state index in [1.54, 1.807) is 0 Å². The molecule has 0 bridgehead atoms. The van der Waals surface area contributed by atoms with Gasteiger partial charge in [0, 0.05) is 37.1 Å². The zero-order valence-corrected chi connectivity index (χ0v) is 9.70. The highest BCUT2D eigenvalue weighted by Gasteiger charge is 2.12. The van der Waals surface area contributed by atoms with E-state index in [0.29, 0.717) is 0 Å². The fourth-order valence-electron chi connectivity index (χ4n) is 2.22. The first-order valence-electron chi connectivity index (χ1n) is 5.87. The second-order valence-electron chi connectivity index (χ2n) is 4.19. The molecule has 1 heterocycles. The molecule has 2 rings (SSSR count). The Hall–Kier alpha value is -1.51. The number of nitrogens with zero attached hydrogens (tertiary/aromatic N) is 1. The highest BCUT2D eigenvalue weighted by atomic mass is 16.1. The third-order valence-corrected chi connectivity index (χ3v) is 3.15. The summed E-state index contributed by atoms with van der Waals surface area (Å²) in [7, 11) is 1.84. The Balaban J connectivity index is 2.24. The van der Waals surface area contributed by atoms with Gasteiger partial charge in [-0.1, -0.05) is 0 Å². The number of carbonyl (C=O) groups is 1. The standard InChI is InChI=1S/C13H18N2O/c1-14-13-6-5-12(9-11(13)10-16)15-7-3-2-4-8-15/h5-6,9-10,14H,2-4,7-8H2,1H3. The van der Waals surface area contributed by atoms with Crippen LogP contribution in [0, 0.1) is 0 Å². The predicted octanol–water partition coefficient (Wildman–Crippen LogP) is 2.53. The van der Waals surface area contributed by atoms with Crippen molar-refractivity contribution in [2.24, 2.45) is 0 Å². The number of hydrogen-bond acceptors (Lipinski definition) is 3. The Morgan fingerprint density at radius 2 is 2.00 bits per heavy atom. The van der Waals surface area contributed by atoms with Crippen LogP contribution in [0.15, 0.2) is 18.2 Å². The van der Waals surface area contributed by atoms with E-state index < -0.39 is 0 Å². The average molecular weight is 218 g/mol. The zero-order chi connectivity index (χ0) is 11.4. The Kier molecular flexibility index (Phi) is 3.44. The van der Waals surface area contributed by atoms with Crippen molar-refractivity contribution in [1.29, 1.82) is 0 Å². The molecule has 1 aromatic carbocycles. The third-order valence-electron chi connectivity index (χ3n) is 3.15. The van der Waals surface area contributed by atoms with Crippen LogP contribution in [-0.2, 0) is 0 Å². The summed E-state index contributed by atoms with van der Waals surface area (Å²) in [5.74, 6) is 0. The summed E-state index contributed by atoms with van der Waals surface area (Å²) in [4.78, 5) is 13.3. The van der Waals surface area contributed by atoms with Crippen molar-refractivity contribution in [3.8, 4) is 0 Å². The van der Waals surface area contributed by atoms with E-state index in [2.05, 4.69) is 16.3 Å². The minimum absolute atomic E-state index is 0.741. The molecule has 3 nitrogen and oxygen atoms in total. The van der Waals surface area contributed by atoms with E-state index in [0.717, 1.165) is 30.6 Å². The molecule has 0 radical (unpaired) electrons. The van der Waals surface area contributed by atoms with Crippen LogP contribution in [-0.4, -0.2) is 26.4 Å². The van der Waals surface area contributed by atoms with Crippen molar-refractivity contribution in [2.75, 3.05) is 30.4 Å². The number of benzene rings is 1. The van der Waals surface area contributed by atoms with Gasteiger partial charge in [-0.05, 0) is 37.5 Å². The molecule has 1 saturated heterocycles. The van der Waals surface area contributed by atoms with Gasteiger partial charge in [-0.15, -0.1) is 0 Å². The quantitative estimate of drug-likeness (QED) is 0.791. The van der Waals surface area contributed by atoms with Crippen molar-refractivity contribution in [3.05, 3.63) is 23.8 Å². The highest BCUT2D eigenvalue weighted by molar-refractivity contribution is 5.86. The third kappa shape index (κ3) is 2.18. The summed E-state index contributed by atoms with van der Waals surface area (Å²) in [6.07, 6.45) is 4.75. The van der Waals surface area contributed by atoms with Crippen LogP contribution >= 0.6 is 0 Å². The number of hydrogen-bond donors (Lipinski definition) is 1. The maximum Gasteiger partial charge on any atom is 0.152 e. The molecule has 1 aliphatic heterocycles. The van der Waals surface area contributed by atoms with Crippen molar-refractivity contribution < 1.29 is 4.79 Å². The number of piperidine rings is 1. The fourth-order valence-corrected chi connectivity index (χ4v) is 2.22. The molecule has 1 aliphatic rings. The van der Waals surface area contributed by atoms with Gasteiger partial charge in [-0.3, -0.25) is 4.79 Å². The van der Waals surface area contributed by atoms with Crippen LogP contribution in [0.25, 0.3) is 0 Å². The fraction of sp³-hybridized carbons (Fsp3) is 0.462. The smallest absolute Gasteiger partial charge is 0.152 e. The Labute approximate surface area is 96.5 Å². The van der Waals surface area contributed by atoms with E-state index >= 15 is 0 Å². The maximum absolute atomic E-state index is 11.0. The van der Waals surface area contributed by atoms with Crippen LogP contribution in [0.2, 0.25) is 0 Å². The second kappa shape index (κ2) is 5.01. The lowest BCUT2D eigenvalue weighted by Gasteiger charge is -2.29. The second-order valence-corrected chi connectivity index (χ2v) is 4.19. The molecule has 3 heteroatoms. The van der Waals surface area contributed by atoms with Gasteiger partial charge in [0.15, 0.2) is 6.29 Å². The van der Waals surface area contributed by atoms with Crippen molar-refractivity contribution in [2.45, 2.75) is 19.3 Å². The van der Waals surface area contributed by atoms with Gasteiger partial charge in [0.1, 0.15) is 0 Å². The number of anilines is 2. The first kappa shape index (κ1) is 11.0. The van der Waals surface area contributed by atoms with E-state index in [-0.39, 0.29) is 0 Å². The number of carbonyl (C=O) groups excluding carboxylic acids is 1. The summed E-state index contributed by atoms with van der Waals surface area (Å²) in [5.41, 5.74) is 2.81. The normalized spacial score (nSPS) is 15.9. The van der Waals surface area contributed by atoms with Gasteiger partial charge in [0.25, 0.3) is 0 Å². The molecule has 1 N–H and O–H groups in total. The highest BCUT2D eigenvalue weighted by Crippen LogP contribution is 2.24. The lowest BCUT2D eigenvalue weighted by atomic mass is 10.1. The first-order valence-corrected chi connectivity index (χ1v) is 5.87. The average Bonchev–Trinajstić information content (AvgIpc) is 2.39. The Morgan fingerprint density at radius 3 is 2.62 bits per heavy atom. The molecular weight excluding hydrogens is 200 g/mol. The molecule has 0 atom stereocenters. The summed E-state index contributed by atoms with van der Waals surface area (Å²) in [5, 5.41) is 3.03. The first-order chi connectivity index (χ1) is 7.85. The molecule has 86 valence electrons. The molecule has 1 fully saturated rings. The predicted molar refractivity (Wildman–Crippen MR) is 67.4 cm³/mol. The van der Waals surface area contributed by atoms with Gasteiger partial charge < -0.3 is 10.2 Å². The molecule has 0 amide bonds. The van der Waals surface area contributed by atoms with Crippen LogP contribution in [0.4, 0.5) is 11.4 Å². The van der Waals surface area contributed by atoms with Crippen molar-refractivity contribution in [1.82, 2.24) is 0 Å². The summed E-state index contributed by atoms with van der Waals surface area (Å²) in [6.45, 7) is 2.22. The molecule has 1 aromatic rings. The summed E-state index contributed by atoms with van der Waals surface area (Å²) >= 11 is 0. The molecule has 0 saturated carbocycles. The molecule has 0 aliphatic carbocycles.